The lowest BCUT2D eigenvalue weighted by molar-refractivity contribution is -0.116. The Kier molecular flexibility index (Phi) is 4.32. The number of carbonyl (C=O) groups is 1. The minimum absolute atomic E-state index is 0.0538. The molecule has 3 N–H and O–H groups in total. The third kappa shape index (κ3) is 3.20. The Labute approximate surface area is 141 Å². The van der Waals surface area contributed by atoms with E-state index < -0.39 is 0 Å². The first-order valence-electron chi connectivity index (χ1n) is 8.70. The highest BCUT2D eigenvalue weighted by atomic mass is 16.1. The topological polar surface area (TPSA) is 71.0 Å². The van der Waals surface area contributed by atoms with Crippen LogP contribution in [0.15, 0.2) is 42.7 Å². The number of hydrogen-bond acceptors (Lipinski definition) is 4. The number of anilines is 1. The normalized spacial score (nSPS) is 26.1. The van der Waals surface area contributed by atoms with Crippen molar-refractivity contribution in [1.82, 2.24) is 20.6 Å². The van der Waals surface area contributed by atoms with E-state index >= 15 is 0 Å². The molecule has 6 nitrogen and oxygen atoms in total. The van der Waals surface area contributed by atoms with Crippen LogP contribution in [0.25, 0.3) is 5.69 Å². The Bertz CT molecular complexity index is 699. The number of nitrogens with one attached hydrogen (secondary N) is 3. The van der Waals surface area contributed by atoms with E-state index in [0.717, 1.165) is 11.4 Å². The molecule has 1 saturated carbocycles. The lowest BCUT2D eigenvalue weighted by Gasteiger charge is -2.26. The lowest BCUT2D eigenvalue weighted by atomic mass is 9.81. The molecule has 1 aromatic heterocycles. The van der Waals surface area contributed by atoms with Gasteiger partial charge >= 0.3 is 0 Å². The first kappa shape index (κ1) is 15.4. The van der Waals surface area contributed by atoms with Crippen LogP contribution in [0.2, 0.25) is 0 Å². The molecule has 1 aliphatic heterocycles. The summed E-state index contributed by atoms with van der Waals surface area (Å²) in [5.74, 6) is 0.623. The van der Waals surface area contributed by atoms with E-state index in [0.29, 0.717) is 18.4 Å². The Morgan fingerprint density at radius 3 is 3.04 bits per heavy atom. The summed E-state index contributed by atoms with van der Waals surface area (Å²) >= 11 is 0. The van der Waals surface area contributed by atoms with Gasteiger partial charge in [0, 0.05) is 36.6 Å². The summed E-state index contributed by atoms with van der Waals surface area (Å²) in [5.41, 5.74) is 8.43. The van der Waals surface area contributed by atoms with Crippen LogP contribution in [0.5, 0.6) is 0 Å². The van der Waals surface area contributed by atoms with Crippen molar-refractivity contribution in [3.8, 4) is 5.69 Å². The molecule has 2 aromatic rings. The zero-order valence-electron chi connectivity index (χ0n) is 13.6. The molecule has 1 saturated heterocycles. The van der Waals surface area contributed by atoms with Gasteiger partial charge < -0.3 is 5.32 Å². The van der Waals surface area contributed by atoms with Crippen LogP contribution in [-0.4, -0.2) is 27.8 Å². The molecular weight excluding hydrogens is 302 g/mol. The Balaban J connectivity index is 1.39. The van der Waals surface area contributed by atoms with Crippen LogP contribution < -0.4 is 16.2 Å². The Morgan fingerprint density at radius 1 is 1.25 bits per heavy atom. The average molecular weight is 325 g/mol. The maximum absolute atomic E-state index is 12.4. The number of rotatable bonds is 4. The molecule has 2 fully saturated rings. The van der Waals surface area contributed by atoms with Crippen LogP contribution in [0, 0.1) is 5.92 Å². The largest absolute Gasteiger partial charge is 0.326 e. The van der Waals surface area contributed by atoms with Crippen molar-refractivity contribution in [1.29, 1.82) is 0 Å². The third-order valence-electron chi connectivity index (χ3n) is 5.09. The van der Waals surface area contributed by atoms with Gasteiger partial charge in [-0.2, -0.15) is 5.10 Å². The zero-order valence-corrected chi connectivity index (χ0v) is 13.6. The Morgan fingerprint density at radius 2 is 2.17 bits per heavy atom. The molecule has 24 heavy (non-hydrogen) atoms. The van der Waals surface area contributed by atoms with E-state index in [1.54, 1.807) is 10.9 Å². The summed E-state index contributed by atoms with van der Waals surface area (Å²) in [5, 5.41) is 7.24. The minimum Gasteiger partial charge on any atom is -0.326 e. The fourth-order valence-electron chi connectivity index (χ4n) is 3.90. The smallest absolute Gasteiger partial charge is 0.226 e. The summed E-state index contributed by atoms with van der Waals surface area (Å²) < 4.78 is 1.78. The number of nitrogens with zero attached hydrogens (tertiary/aromatic N) is 2. The molecule has 1 aliphatic carbocycles. The van der Waals surface area contributed by atoms with Crippen molar-refractivity contribution >= 4 is 11.6 Å². The van der Waals surface area contributed by atoms with E-state index in [-0.39, 0.29) is 11.9 Å². The van der Waals surface area contributed by atoms with Crippen molar-refractivity contribution in [2.75, 3.05) is 5.32 Å². The molecule has 4 rings (SSSR count). The fourth-order valence-corrected chi connectivity index (χ4v) is 3.90. The molecule has 1 aromatic carbocycles. The van der Waals surface area contributed by atoms with Gasteiger partial charge in [-0.05, 0) is 43.0 Å². The number of hydrazine groups is 1. The average Bonchev–Trinajstić information content (AvgIpc) is 3.26. The predicted molar refractivity (Wildman–Crippen MR) is 92.6 cm³/mol. The monoisotopic (exact) mass is 325 g/mol. The number of aromatic nitrogens is 2. The summed E-state index contributed by atoms with van der Waals surface area (Å²) in [4.78, 5) is 12.4. The van der Waals surface area contributed by atoms with E-state index in [2.05, 4.69) is 21.3 Å². The van der Waals surface area contributed by atoms with Crippen LogP contribution in [0.1, 0.15) is 32.1 Å². The molecule has 126 valence electrons. The van der Waals surface area contributed by atoms with Gasteiger partial charge in [0.2, 0.25) is 5.91 Å². The molecule has 6 heteroatoms. The highest BCUT2D eigenvalue weighted by molar-refractivity contribution is 5.91. The second kappa shape index (κ2) is 6.75. The van der Waals surface area contributed by atoms with Crippen molar-refractivity contribution in [3.05, 3.63) is 42.7 Å². The van der Waals surface area contributed by atoms with E-state index in [1.165, 1.54) is 25.7 Å². The van der Waals surface area contributed by atoms with Crippen molar-refractivity contribution in [2.45, 2.75) is 44.2 Å². The van der Waals surface area contributed by atoms with Crippen molar-refractivity contribution in [2.24, 2.45) is 5.92 Å². The van der Waals surface area contributed by atoms with Crippen LogP contribution in [0.4, 0.5) is 5.69 Å². The highest BCUT2D eigenvalue weighted by Gasteiger charge is 2.37. The van der Waals surface area contributed by atoms with Crippen LogP contribution in [-0.2, 0) is 4.79 Å². The summed E-state index contributed by atoms with van der Waals surface area (Å²) in [6.45, 7) is 0. The summed E-state index contributed by atoms with van der Waals surface area (Å²) in [7, 11) is 0. The van der Waals surface area contributed by atoms with Gasteiger partial charge in [-0.15, -0.1) is 0 Å². The highest BCUT2D eigenvalue weighted by Crippen LogP contribution is 2.31. The van der Waals surface area contributed by atoms with Crippen LogP contribution in [0.3, 0.4) is 0 Å². The van der Waals surface area contributed by atoms with E-state index in [9.17, 15) is 4.79 Å². The van der Waals surface area contributed by atoms with Gasteiger partial charge in [0.15, 0.2) is 0 Å². The number of carbonyl (C=O) groups excluding carboxylic acids is 1. The molecule has 3 atom stereocenters. The first-order chi connectivity index (χ1) is 11.8. The fraction of sp³-hybridized carbons (Fsp3) is 0.444. The third-order valence-corrected chi connectivity index (χ3v) is 5.09. The van der Waals surface area contributed by atoms with Gasteiger partial charge in [-0.3, -0.25) is 15.6 Å². The minimum atomic E-state index is 0.0538. The second-order valence-electron chi connectivity index (χ2n) is 6.70. The predicted octanol–water partition coefficient (Wildman–Crippen LogP) is 2.24. The second-order valence-corrected chi connectivity index (χ2v) is 6.70. The van der Waals surface area contributed by atoms with Gasteiger partial charge in [0.25, 0.3) is 0 Å². The Hall–Kier alpha value is -2.18. The molecular formula is C18H23N5O. The van der Waals surface area contributed by atoms with Gasteiger partial charge in [0.1, 0.15) is 0 Å². The summed E-state index contributed by atoms with van der Waals surface area (Å²) in [6.07, 6.45) is 9.10. The quantitative estimate of drug-likeness (QED) is 0.806. The van der Waals surface area contributed by atoms with Crippen LogP contribution >= 0.6 is 0 Å². The zero-order chi connectivity index (χ0) is 16.4. The first-order valence-corrected chi connectivity index (χ1v) is 8.70. The molecule has 1 amide bonds. The summed E-state index contributed by atoms with van der Waals surface area (Å²) in [6, 6.07) is 10.4. The number of amides is 1. The molecule has 2 heterocycles. The molecule has 0 spiro atoms. The molecule has 2 aliphatic rings. The standard InChI is InChI=1S/C18H23N5O/c24-18(12-17-15-7-1-2-8-16(15)21-22-17)20-13-5-3-6-14(11-13)23-10-4-9-19-23/h3-6,9-11,15-17,21-22H,1-2,7-8,12H2,(H,20,24). The maximum atomic E-state index is 12.4. The maximum Gasteiger partial charge on any atom is 0.226 e. The SMILES string of the molecule is O=C(CC1NNC2CCCCC21)Nc1cccc(-n2cccn2)c1. The molecule has 0 radical (unpaired) electrons. The number of fused-ring (bicyclic) bond motifs is 1. The van der Waals surface area contributed by atoms with Crippen molar-refractivity contribution < 1.29 is 4.79 Å². The molecule has 3 unspecified atom stereocenters. The van der Waals surface area contributed by atoms with E-state index in [4.69, 9.17) is 0 Å². The van der Waals surface area contributed by atoms with Gasteiger partial charge in [-0.1, -0.05) is 18.9 Å². The van der Waals surface area contributed by atoms with E-state index in [1.807, 2.05) is 36.5 Å². The van der Waals surface area contributed by atoms with Gasteiger partial charge in [0.05, 0.1) is 5.69 Å². The molecule has 0 bridgehead atoms. The number of hydrogen-bond donors (Lipinski definition) is 3. The van der Waals surface area contributed by atoms with Gasteiger partial charge in [-0.25, -0.2) is 4.68 Å². The lowest BCUT2D eigenvalue weighted by Crippen LogP contribution is -2.35. The van der Waals surface area contributed by atoms with Crippen molar-refractivity contribution in [3.63, 3.8) is 0 Å². The number of benzene rings is 1.